The second-order valence-electron chi connectivity index (χ2n) is 4.82. The van der Waals surface area contributed by atoms with Gasteiger partial charge in [0.15, 0.2) is 0 Å². The minimum absolute atomic E-state index is 0.264. The highest BCUT2D eigenvalue weighted by Gasteiger charge is 2.28. The van der Waals surface area contributed by atoms with Gasteiger partial charge in [-0.1, -0.05) is 0 Å². The van der Waals surface area contributed by atoms with E-state index in [1.165, 1.54) is 12.4 Å². The summed E-state index contributed by atoms with van der Waals surface area (Å²) in [6.07, 6.45) is 2.08. The van der Waals surface area contributed by atoms with Crippen LogP contribution in [0.15, 0.2) is 24.8 Å². The lowest BCUT2D eigenvalue weighted by atomic mass is 10.3. The maximum absolute atomic E-state index is 12.2. The number of rotatable bonds is 5. The van der Waals surface area contributed by atoms with Crippen LogP contribution in [0.3, 0.4) is 0 Å². The van der Waals surface area contributed by atoms with Gasteiger partial charge in [-0.3, -0.25) is 9.36 Å². The summed E-state index contributed by atoms with van der Waals surface area (Å²) in [7, 11) is 0. The summed E-state index contributed by atoms with van der Waals surface area (Å²) in [6, 6.07) is 0.264. The van der Waals surface area contributed by atoms with Crippen molar-refractivity contribution in [1.82, 2.24) is 19.6 Å². The van der Waals surface area contributed by atoms with Crippen molar-refractivity contribution in [3.63, 3.8) is 0 Å². The summed E-state index contributed by atoms with van der Waals surface area (Å²) < 4.78 is 39.3. The van der Waals surface area contributed by atoms with Gasteiger partial charge in [0.1, 0.15) is 6.54 Å². The van der Waals surface area contributed by atoms with Crippen molar-refractivity contribution in [3.05, 3.63) is 30.4 Å². The first-order valence-corrected chi connectivity index (χ1v) is 6.19. The highest BCUT2D eigenvalue weighted by molar-refractivity contribution is 5.38. The molecule has 2 aromatic rings. The fourth-order valence-corrected chi connectivity index (χ4v) is 1.68. The van der Waals surface area contributed by atoms with Crippen LogP contribution in [0.25, 0.3) is 0 Å². The molecular weight excluding hydrogens is 271 g/mol. The molecular formula is C12H16F3N5. The van der Waals surface area contributed by atoms with Gasteiger partial charge in [-0.15, -0.1) is 0 Å². The molecule has 0 fully saturated rings. The molecule has 0 saturated heterocycles. The van der Waals surface area contributed by atoms with Crippen LogP contribution in [0.1, 0.15) is 25.5 Å². The molecule has 1 N–H and O–H groups in total. The molecule has 2 rings (SSSR count). The van der Waals surface area contributed by atoms with Crippen molar-refractivity contribution in [2.45, 2.75) is 39.2 Å². The van der Waals surface area contributed by atoms with E-state index in [4.69, 9.17) is 0 Å². The van der Waals surface area contributed by atoms with Crippen LogP contribution in [0.5, 0.6) is 0 Å². The second kappa shape index (κ2) is 5.56. The van der Waals surface area contributed by atoms with E-state index < -0.39 is 12.7 Å². The third kappa shape index (κ3) is 4.01. The topological polar surface area (TPSA) is 47.7 Å². The summed E-state index contributed by atoms with van der Waals surface area (Å²) in [4.78, 5) is 0. The van der Waals surface area contributed by atoms with Crippen LogP contribution in [0.4, 0.5) is 18.9 Å². The Balaban J connectivity index is 1.90. The van der Waals surface area contributed by atoms with E-state index in [0.29, 0.717) is 12.1 Å². The number of hydrogen-bond donors (Lipinski definition) is 1. The lowest BCUT2D eigenvalue weighted by Gasteiger charge is -2.05. The largest absolute Gasteiger partial charge is 0.408 e. The van der Waals surface area contributed by atoms with E-state index in [9.17, 15) is 13.2 Å². The highest BCUT2D eigenvalue weighted by atomic mass is 19.4. The zero-order valence-corrected chi connectivity index (χ0v) is 11.2. The third-order valence-electron chi connectivity index (χ3n) is 2.66. The van der Waals surface area contributed by atoms with Gasteiger partial charge in [0.05, 0.1) is 18.1 Å². The van der Waals surface area contributed by atoms with Crippen molar-refractivity contribution < 1.29 is 13.2 Å². The maximum Gasteiger partial charge on any atom is 0.408 e. The quantitative estimate of drug-likeness (QED) is 0.920. The molecule has 0 saturated carbocycles. The zero-order valence-electron chi connectivity index (χ0n) is 11.2. The molecule has 2 heterocycles. The molecule has 0 radical (unpaired) electrons. The molecule has 20 heavy (non-hydrogen) atoms. The maximum atomic E-state index is 12.2. The predicted molar refractivity (Wildman–Crippen MR) is 68.2 cm³/mol. The SMILES string of the molecule is CC(C)n1cc(NCc2cnn(CC(F)(F)F)c2)cn1. The fourth-order valence-electron chi connectivity index (χ4n) is 1.68. The van der Waals surface area contributed by atoms with E-state index in [2.05, 4.69) is 15.5 Å². The minimum Gasteiger partial charge on any atom is -0.378 e. The molecule has 0 aliphatic rings. The van der Waals surface area contributed by atoms with Gasteiger partial charge >= 0.3 is 6.18 Å². The number of aromatic nitrogens is 4. The van der Waals surface area contributed by atoms with Crippen LogP contribution in [0, 0.1) is 0 Å². The molecule has 0 bridgehead atoms. The second-order valence-corrected chi connectivity index (χ2v) is 4.82. The normalized spacial score (nSPS) is 12.1. The molecule has 110 valence electrons. The molecule has 0 unspecified atom stereocenters. The Morgan fingerprint density at radius 3 is 2.55 bits per heavy atom. The number of nitrogens with zero attached hydrogens (tertiary/aromatic N) is 4. The summed E-state index contributed by atoms with van der Waals surface area (Å²) in [5, 5.41) is 10.9. The van der Waals surface area contributed by atoms with Crippen molar-refractivity contribution in [1.29, 1.82) is 0 Å². The first-order valence-electron chi connectivity index (χ1n) is 6.19. The van der Waals surface area contributed by atoms with E-state index in [-0.39, 0.29) is 6.04 Å². The molecule has 0 aliphatic carbocycles. The Kier molecular flexibility index (Phi) is 4.01. The number of halogens is 3. The fraction of sp³-hybridized carbons (Fsp3) is 0.500. The Labute approximate surface area is 114 Å². The number of alkyl halides is 3. The van der Waals surface area contributed by atoms with Crippen molar-refractivity contribution >= 4 is 5.69 Å². The Hall–Kier alpha value is -1.99. The van der Waals surface area contributed by atoms with Crippen LogP contribution in [-0.2, 0) is 13.1 Å². The smallest absolute Gasteiger partial charge is 0.378 e. The molecule has 2 aromatic heterocycles. The van der Waals surface area contributed by atoms with Gasteiger partial charge in [-0.05, 0) is 13.8 Å². The minimum atomic E-state index is -4.25. The predicted octanol–water partition coefficient (Wildman–Crippen LogP) is 2.83. The summed E-state index contributed by atoms with van der Waals surface area (Å²) in [6.45, 7) is 3.36. The lowest BCUT2D eigenvalue weighted by molar-refractivity contribution is -0.142. The standard InChI is InChI=1S/C12H16F3N5/c1-9(2)20-7-11(5-18-20)16-3-10-4-17-19(6-10)8-12(13,14)15/h4-7,9,16H,3,8H2,1-2H3. The monoisotopic (exact) mass is 287 g/mol. The van der Waals surface area contributed by atoms with Crippen LogP contribution in [-0.4, -0.2) is 25.7 Å². The highest BCUT2D eigenvalue weighted by Crippen LogP contribution is 2.17. The number of anilines is 1. The van der Waals surface area contributed by atoms with Crippen LogP contribution < -0.4 is 5.32 Å². The molecule has 8 heteroatoms. The van der Waals surface area contributed by atoms with Crippen molar-refractivity contribution in [3.8, 4) is 0 Å². The van der Waals surface area contributed by atoms with E-state index in [0.717, 1.165) is 10.4 Å². The first-order chi connectivity index (χ1) is 9.33. The number of nitrogens with one attached hydrogen (secondary N) is 1. The van der Waals surface area contributed by atoms with Crippen molar-refractivity contribution in [2.75, 3.05) is 5.32 Å². The van der Waals surface area contributed by atoms with Gasteiger partial charge in [0, 0.05) is 30.5 Å². The zero-order chi connectivity index (χ0) is 14.8. The Morgan fingerprint density at radius 1 is 1.20 bits per heavy atom. The average Bonchev–Trinajstić information content (AvgIpc) is 2.92. The molecule has 0 amide bonds. The molecule has 0 spiro atoms. The van der Waals surface area contributed by atoms with Gasteiger partial charge in [0.25, 0.3) is 0 Å². The average molecular weight is 287 g/mol. The van der Waals surface area contributed by atoms with Gasteiger partial charge in [-0.2, -0.15) is 23.4 Å². The molecule has 5 nitrogen and oxygen atoms in total. The first kappa shape index (κ1) is 14.4. The van der Waals surface area contributed by atoms with Gasteiger partial charge < -0.3 is 5.32 Å². The third-order valence-corrected chi connectivity index (χ3v) is 2.66. The Bertz CT molecular complexity index is 555. The molecule has 0 aromatic carbocycles. The summed E-state index contributed by atoms with van der Waals surface area (Å²) in [5.41, 5.74) is 1.51. The summed E-state index contributed by atoms with van der Waals surface area (Å²) in [5.74, 6) is 0. The van der Waals surface area contributed by atoms with E-state index in [1.54, 1.807) is 10.9 Å². The van der Waals surface area contributed by atoms with E-state index >= 15 is 0 Å². The van der Waals surface area contributed by atoms with Gasteiger partial charge in [-0.25, -0.2) is 0 Å². The van der Waals surface area contributed by atoms with Crippen LogP contribution >= 0.6 is 0 Å². The summed E-state index contributed by atoms with van der Waals surface area (Å²) >= 11 is 0. The molecule has 0 aliphatic heterocycles. The van der Waals surface area contributed by atoms with Crippen molar-refractivity contribution in [2.24, 2.45) is 0 Å². The Morgan fingerprint density at radius 2 is 1.95 bits per heavy atom. The molecule has 0 atom stereocenters. The number of hydrogen-bond acceptors (Lipinski definition) is 3. The lowest BCUT2D eigenvalue weighted by Crippen LogP contribution is -2.17. The van der Waals surface area contributed by atoms with Crippen LogP contribution in [0.2, 0.25) is 0 Å². The van der Waals surface area contributed by atoms with Gasteiger partial charge in [0.2, 0.25) is 0 Å². The van der Waals surface area contributed by atoms with E-state index in [1.807, 2.05) is 20.0 Å².